The SMILES string of the molecule is Cc1nccn1CCNC(=O)c1cc(COc2c(F)cccc2F)on1. The topological polar surface area (TPSA) is 82.2 Å². The first kappa shape index (κ1) is 17.6. The number of nitrogens with one attached hydrogen (secondary N) is 1. The summed E-state index contributed by atoms with van der Waals surface area (Å²) in [6.07, 6.45) is 3.49. The molecule has 0 unspecified atom stereocenters. The summed E-state index contributed by atoms with van der Waals surface area (Å²) in [5.41, 5.74) is 0.0555. The largest absolute Gasteiger partial charge is 0.479 e. The number of halogens is 2. The lowest BCUT2D eigenvalue weighted by molar-refractivity contribution is 0.0943. The number of hydrogen-bond acceptors (Lipinski definition) is 5. The van der Waals surface area contributed by atoms with E-state index in [-0.39, 0.29) is 18.1 Å². The van der Waals surface area contributed by atoms with Gasteiger partial charge in [-0.1, -0.05) is 11.2 Å². The first-order valence-electron chi connectivity index (χ1n) is 7.83. The molecule has 0 spiro atoms. The number of carbonyl (C=O) groups is 1. The van der Waals surface area contributed by atoms with Gasteiger partial charge in [-0.25, -0.2) is 13.8 Å². The average Bonchev–Trinajstić information content (AvgIpc) is 3.24. The zero-order valence-electron chi connectivity index (χ0n) is 13.9. The molecule has 26 heavy (non-hydrogen) atoms. The molecule has 9 heteroatoms. The zero-order chi connectivity index (χ0) is 18.5. The van der Waals surface area contributed by atoms with Gasteiger partial charge in [-0.2, -0.15) is 0 Å². The van der Waals surface area contributed by atoms with Crippen molar-refractivity contribution >= 4 is 5.91 Å². The summed E-state index contributed by atoms with van der Waals surface area (Å²) in [7, 11) is 0. The van der Waals surface area contributed by atoms with E-state index in [0.29, 0.717) is 13.1 Å². The minimum absolute atomic E-state index is 0.0555. The highest BCUT2D eigenvalue weighted by atomic mass is 19.1. The molecular formula is C17H16F2N4O3. The van der Waals surface area contributed by atoms with Crippen LogP contribution in [0.25, 0.3) is 0 Å². The van der Waals surface area contributed by atoms with E-state index in [2.05, 4.69) is 15.5 Å². The highest BCUT2D eigenvalue weighted by molar-refractivity contribution is 5.92. The fourth-order valence-corrected chi connectivity index (χ4v) is 2.27. The van der Waals surface area contributed by atoms with Gasteiger partial charge >= 0.3 is 0 Å². The van der Waals surface area contributed by atoms with Crippen molar-refractivity contribution in [2.75, 3.05) is 6.54 Å². The molecule has 1 amide bonds. The van der Waals surface area contributed by atoms with E-state index in [0.717, 1.165) is 18.0 Å². The Balaban J connectivity index is 1.52. The lowest BCUT2D eigenvalue weighted by Gasteiger charge is -2.05. The molecule has 0 saturated carbocycles. The first-order chi connectivity index (χ1) is 12.5. The number of nitrogens with zero attached hydrogens (tertiary/aromatic N) is 3. The molecule has 0 aliphatic rings. The van der Waals surface area contributed by atoms with Crippen molar-refractivity contribution in [3.8, 4) is 5.75 Å². The number of hydrogen-bond donors (Lipinski definition) is 1. The number of para-hydroxylation sites is 1. The second-order valence-electron chi connectivity index (χ2n) is 5.44. The van der Waals surface area contributed by atoms with Crippen LogP contribution in [-0.2, 0) is 13.2 Å². The van der Waals surface area contributed by atoms with Crippen LogP contribution >= 0.6 is 0 Å². The van der Waals surface area contributed by atoms with Crippen LogP contribution in [0.3, 0.4) is 0 Å². The predicted molar refractivity (Wildman–Crippen MR) is 86.5 cm³/mol. The Morgan fingerprint density at radius 1 is 1.35 bits per heavy atom. The normalized spacial score (nSPS) is 10.7. The zero-order valence-corrected chi connectivity index (χ0v) is 13.9. The third-order valence-corrected chi connectivity index (χ3v) is 3.63. The van der Waals surface area contributed by atoms with Crippen LogP contribution in [0.1, 0.15) is 22.1 Å². The molecule has 1 N–H and O–H groups in total. The Labute approximate surface area is 147 Å². The van der Waals surface area contributed by atoms with Crippen molar-refractivity contribution in [3.63, 3.8) is 0 Å². The minimum atomic E-state index is -0.822. The Hall–Kier alpha value is -3.23. The molecule has 0 atom stereocenters. The monoisotopic (exact) mass is 362 g/mol. The van der Waals surface area contributed by atoms with Crippen molar-refractivity contribution in [2.24, 2.45) is 0 Å². The van der Waals surface area contributed by atoms with Crippen LogP contribution in [0.5, 0.6) is 5.75 Å². The molecular weight excluding hydrogens is 346 g/mol. The van der Waals surface area contributed by atoms with Crippen LogP contribution in [0.2, 0.25) is 0 Å². The molecule has 136 valence electrons. The lowest BCUT2D eigenvalue weighted by atomic mass is 10.3. The molecule has 3 aromatic rings. The van der Waals surface area contributed by atoms with E-state index >= 15 is 0 Å². The summed E-state index contributed by atoms with van der Waals surface area (Å²) in [5, 5.41) is 6.33. The van der Waals surface area contributed by atoms with Gasteiger partial charge in [0, 0.05) is 31.5 Å². The van der Waals surface area contributed by atoms with Gasteiger partial charge in [0.25, 0.3) is 5.91 Å². The van der Waals surface area contributed by atoms with Crippen LogP contribution in [0.4, 0.5) is 8.78 Å². The smallest absolute Gasteiger partial charge is 0.273 e. The van der Waals surface area contributed by atoms with Crippen molar-refractivity contribution in [1.82, 2.24) is 20.0 Å². The highest BCUT2D eigenvalue weighted by Gasteiger charge is 2.15. The fourth-order valence-electron chi connectivity index (χ4n) is 2.27. The van der Waals surface area contributed by atoms with E-state index in [1.54, 1.807) is 6.20 Å². The standard InChI is InChI=1S/C17H16F2N4O3/c1-11-20-5-7-23(11)8-6-21-17(24)15-9-12(26-22-15)10-25-16-13(18)3-2-4-14(16)19/h2-5,7,9H,6,8,10H2,1H3,(H,21,24). The Kier molecular flexibility index (Phi) is 5.26. The molecule has 1 aromatic carbocycles. The summed E-state index contributed by atoms with van der Waals surface area (Å²) in [6.45, 7) is 2.56. The maximum Gasteiger partial charge on any atom is 0.273 e. The second-order valence-corrected chi connectivity index (χ2v) is 5.44. The molecule has 0 radical (unpaired) electrons. The number of benzene rings is 1. The van der Waals surface area contributed by atoms with Crippen molar-refractivity contribution in [1.29, 1.82) is 0 Å². The van der Waals surface area contributed by atoms with E-state index in [1.165, 1.54) is 12.1 Å². The number of aromatic nitrogens is 3. The third kappa shape index (κ3) is 4.05. The number of rotatable bonds is 7. The van der Waals surface area contributed by atoms with Crippen LogP contribution < -0.4 is 10.1 Å². The maximum absolute atomic E-state index is 13.5. The van der Waals surface area contributed by atoms with Gasteiger partial charge in [0.05, 0.1) is 0 Å². The van der Waals surface area contributed by atoms with E-state index in [9.17, 15) is 13.6 Å². The van der Waals surface area contributed by atoms with E-state index < -0.39 is 23.3 Å². The number of ether oxygens (including phenoxy) is 1. The summed E-state index contributed by atoms with van der Waals surface area (Å²) < 4.78 is 38.9. The number of imidazole rings is 1. The molecule has 0 saturated heterocycles. The maximum atomic E-state index is 13.5. The number of carbonyl (C=O) groups excluding carboxylic acids is 1. The van der Waals surface area contributed by atoms with Gasteiger partial charge in [0.1, 0.15) is 12.4 Å². The summed E-state index contributed by atoms with van der Waals surface area (Å²) in [6, 6.07) is 4.76. The lowest BCUT2D eigenvalue weighted by Crippen LogP contribution is -2.27. The molecule has 0 aliphatic carbocycles. The van der Waals surface area contributed by atoms with Crippen LogP contribution in [0, 0.1) is 18.6 Å². The molecule has 0 aliphatic heterocycles. The molecule has 3 rings (SSSR count). The fraction of sp³-hybridized carbons (Fsp3) is 0.235. The Morgan fingerprint density at radius 2 is 2.12 bits per heavy atom. The summed E-state index contributed by atoms with van der Waals surface area (Å²) in [4.78, 5) is 16.1. The van der Waals surface area contributed by atoms with Crippen LogP contribution in [-0.4, -0.2) is 27.2 Å². The third-order valence-electron chi connectivity index (χ3n) is 3.63. The van der Waals surface area contributed by atoms with Crippen molar-refractivity contribution in [2.45, 2.75) is 20.1 Å². The van der Waals surface area contributed by atoms with Crippen molar-refractivity contribution in [3.05, 3.63) is 65.6 Å². The summed E-state index contributed by atoms with van der Waals surface area (Å²) >= 11 is 0. The molecule has 2 heterocycles. The number of amides is 1. The van der Waals surface area contributed by atoms with Crippen molar-refractivity contribution < 1.29 is 22.8 Å². The molecule has 2 aromatic heterocycles. The average molecular weight is 362 g/mol. The van der Waals surface area contributed by atoms with Crippen LogP contribution in [0.15, 0.2) is 41.2 Å². The van der Waals surface area contributed by atoms with Gasteiger partial charge in [0.2, 0.25) is 0 Å². The van der Waals surface area contributed by atoms with Gasteiger partial charge in [-0.3, -0.25) is 4.79 Å². The molecule has 7 nitrogen and oxygen atoms in total. The molecule has 0 bridgehead atoms. The van der Waals surface area contributed by atoms with Gasteiger partial charge in [-0.15, -0.1) is 0 Å². The van der Waals surface area contributed by atoms with Gasteiger partial charge in [-0.05, 0) is 19.1 Å². The Morgan fingerprint density at radius 3 is 2.81 bits per heavy atom. The van der Waals surface area contributed by atoms with Gasteiger partial charge in [0.15, 0.2) is 28.8 Å². The second kappa shape index (κ2) is 7.77. The van der Waals surface area contributed by atoms with Gasteiger partial charge < -0.3 is 19.1 Å². The summed E-state index contributed by atoms with van der Waals surface area (Å²) in [5.74, 6) is -1.56. The predicted octanol–water partition coefficient (Wildman–Crippen LogP) is 2.47. The quantitative estimate of drug-likeness (QED) is 0.698. The highest BCUT2D eigenvalue weighted by Crippen LogP contribution is 2.22. The molecule has 0 fully saturated rings. The number of aryl methyl sites for hydroxylation is 1. The van der Waals surface area contributed by atoms with E-state index in [4.69, 9.17) is 9.26 Å². The van der Waals surface area contributed by atoms with E-state index in [1.807, 2.05) is 17.7 Å². The first-order valence-corrected chi connectivity index (χ1v) is 7.83. The minimum Gasteiger partial charge on any atom is -0.479 e. The Bertz CT molecular complexity index is 887.